The topological polar surface area (TPSA) is 30.7 Å². The predicted molar refractivity (Wildman–Crippen MR) is 83.9 cm³/mol. The van der Waals surface area contributed by atoms with E-state index in [9.17, 15) is 4.39 Å². The van der Waals surface area contributed by atoms with Gasteiger partial charge in [0.25, 0.3) is 0 Å². The van der Waals surface area contributed by atoms with Crippen LogP contribution in [0.15, 0.2) is 43.0 Å². The van der Waals surface area contributed by atoms with Crippen molar-refractivity contribution in [3.63, 3.8) is 0 Å². The molecular weight excluding hydrogens is 277 g/mol. The number of hydrogen-bond acceptors (Lipinski definition) is 2. The lowest BCUT2D eigenvalue weighted by atomic mass is 9.97. The summed E-state index contributed by atoms with van der Waals surface area (Å²) in [5, 5.41) is 0. The molecular formula is C18H16FN3. The summed E-state index contributed by atoms with van der Waals surface area (Å²) in [5.74, 6) is -0.210. The van der Waals surface area contributed by atoms with E-state index in [0.29, 0.717) is 0 Å². The number of rotatable bonds is 2. The molecule has 3 heterocycles. The fraction of sp³-hybridized carbons (Fsp3) is 0.222. The number of nitrogens with zero attached hydrogens (tertiary/aromatic N) is 3. The largest absolute Gasteiger partial charge is 0.344 e. The van der Waals surface area contributed by atoms with Gasteiger partial charge in [0, 0.05) is 35.8 Å². The molecule has 0 amide bonds. The third-order valence-corrected chi connectivity index (χ3v) is 4.40. The van der Waals surface area contributed by atoms with Crippen molar-refractivity contribution in [2.45, 2.75) is 26.3 Å². The van der Waals surface area contributed by atoms with Gasteiger partial charge < -0.3 is 4.57 Å². The molecule has 0 radical (unpaired) electrons. The van der Waals surface area contributed by atoms with Crippen molar-refractivity contribution in [2.75, 3.05) is 0 Å². The number of hydrogen-bond donors (Lipinski definition) is 0. The molecule has 3 nitrogen and oxygen atoms in total. The Labute approximate surface area is 128 Å². The molecule has 0 bridgehead atoms. The standard InChI is InChI=1S/C18H16FN3/c1-12-16-3-2-8-22(16)18(14-9-20-11-21-10-14)17(12)13-4-6-15(19)7-5-13/h4-7,9-11H,2-3,8H2,1H3. The van der Waals surface area contributed by atoms with Crippen molar-refractivity contribution >= 4 is 0 Å². The lowest BCUT2D eigenvalue weighted by Crippen LogP contribution is -1.97. The lowest BCUT2D eigenvalue weighted by Gasteiger charge is -2.10. The lowest BCUT2D eigenvalue weighted by molar-refractivity contribution is 0.628. The summed E-state index contributed by atoms with van der Waals surface area (Å²) < 4.78 is 15.6. The Morgan fingerprint density at radius 3 is 2.50 bits per heavy atom. The van der Waals surface area contributed by atoms with Crippen molar-refractivity contribution in [3.8, 4) is 22.4 Å². The van der Waals surface area contributed by atoms with E-state index < -0.39 is 0 Å². The molecule has 0 fully saturated rings. The smallest absolute Gasteiger partial charge is 0.123 e. The maximum absolute atomic E-state index is 13.3. The van der Waals surface area contributed by atoms with Crippen LogP contribution < -0.4 is 0 Å². The Hall–Kier alpha value is -2.49. The van der Waals surface area contributed by atoms with Gasteiger partial charge in [-0.2, -0.15) is 0 Å². The van der Waals surface area contributed by atoms with E-state index >= 15 is 0 Å². The summed E-state index contributed by atoms with van der Waals surface area (Å²) in [7, 11) is 0. The number of halogens is 1. The first-order chi connectivity index (χ1) is 10.8. The van der Waals surface area contributed by atoms with Crippen LogP contribution in [0.4, 0.5) is 4.39 Å². The summed E-state index contributed by atoms with van der Waals surface area (Å²) in [5.41, 5.74) is 7.03. The van der Waals surface area contributed by atoms with Gasteiger partial charge in [0.1, 0.15) is 12.1 Å². The molecule has 110 valence electrons. The molecule has 2 aromatic heterocycles. The van der Waals surface area contributed by atoms with Crippen LogP contribution in [0.1, 0.15) is 17.7 Å². The SMILES string of the molecule is Cc1c(-c2ccc(F)cc2)c(-c2cncnc2)n2c1CCC2. The minimum absolute atomic E-state index is 0.210. The zero-order valence-electron chi connectivity index (χ0n) is 12.4. The fourth-order valence-corrected chi connectivity index (χ4v) is 3.46. The molecule has 0 saturated carbocycles. The van der Waals surface area contributed by atoms with Gasteiger partial charge in [0.2, 0.25) is 0 Å². The average Bonchev–Trinajstić information content (AvgIpc) is 3.12. The first-order valence-electron chi connectivity index (χ1n) is 7.49. The van der Waals surface area contributed by atoms with Crippen molar-refractivity contribution in [1.82, 2.24) is 14.5 Å². The quantitative estimate of drug-likeness (QED) is 0.715. The molecule has 0 aliphatic carbocycles. The zero-order valence-corrected chi connectivity index (χ0v) is 12.4. The van der Waals surface area contributed by atoms with Crippen LogP contribution >= 0.6 is 0 Å². The summed E-state index contributed by atoms with van der Waals surface area (Å²) in [6.45, 7) is 3.17. The van der Waals surface area contributed by atoms with E-state index in [1.54, 1.807) is 6.33 Å². The molecule has 4 heteroatoms. The van der Waals surface area contributed by atoms with Crippen LogP contribution in [0.5, 0.6) is 0 Å². The van der Waals surface area contributed by atoms with Crippen LogP contribution in [-0.4, -0.2) is 14.5 Å². The van der Waals surface area contributed by atoms with Gasteiger partial charge in [-0.3, -0.25) is 0 Å². The van der Waals surface area contributed by atoms with Crippen LogP contribution in [0.3, 0.4) is 0 Å². The molecule has 0 N–H and O–H groups in total. The van der Waals surface area contributed by atoms with E-state index in [4.69, 9.17) is 0 Å². The second kappa shape index (κ2) is 5.05. The fourth-order valence-electron chi connectivity index (χ4n) is 3.46. The summed E-state index contributed by atoms with van der Waals surface area (Å²) in [4.78, 5) is 8.32. The number of benzene rings is 1. The Balaban J connectivity index is 2.00. The van der Waals surface area contributed by atoms with Crippen LogP contribution in [-0.2, 0) is 13.0 Å². The second-order valence-electron chi connectivity index (χ2n) is 5.68. The molecule has 1 aliphatic rings. The maximum Gasteiger partial charge on any atom is 0.123 e. The average molecular weight is 293 g/mol. The van der Waals surface area contributed by atoms with Gasteiger partial charge in [-0.05, 0) is 43.0 Å². The third kappa shape index (κ3) is 1.95. The van der Waals surface area contributed by atoms with E-state index in [2.05, 4.69) is 21.5 Å². The molecule has 0 atom stereocenters. The van der Waals surface area contributed by atoms with E-state index in [0.717, 1.165) is 29.8 Å². The van der Waals surface area contributed by atoms with Crippen molar-refractivity contribution in [2.24, 2.45) is 0 Å². The van der Waals surface area contributed by atoms with Gasteiger partial charge in [-0.25, -0.2) is 14.4 Å². The van der Waals surface area contributed by atoms with Gasteiger partial charge >= 0.3 is 0 Å². The van der Waals surface area contributed by atoms with Crippen molar-refractivity contribution in [3.05, 3.63) is 60.1 Å². The van der Waals surface area contributed by atoms with E-state index in [-0.39, 0.29) is 5.82 Å². The maximum atomic E-state index is 13.3. The highest BCUT2D eigenvalue weighted by Gasteiger charge is 2.25. The van der Waals surface area contributed by atoms with E-state index in [1.807, 2.05) is 24.5 Å². The minimum Gasteiger partial charge on any atom is -0.344 e. The van der Waals surface area contributed by atoms with E-state index in [1.165, 1.54) is 35.4 Å². The molecule has 1 aliphatic heterocycles. The normalized spacial score (nSPS) is 13.4. The molecule has 3 aromatic rings. The van der Waals surface area contributed by atoms with Crippen molar-refractivity contribution in [1.29, 1.82) is 0 Å². The number of aromatic nitrogens is 3. The molecule has 0 saturated heterocycles. The molecule has 0 spiro atoms. The number of fused-ring (bicyclic) bond motifs is 1. The summed E-state index contributed by atoms with van der Waals surface area (Å²) in [6.07, 6.45) is 7.50. The third-order valence-electron chi connectivity index (χ3n) is 4.40. The van der Waals surface area contributed by atoms with Crippen LogP contribution in [0.2, 0.25) is 0 Å². The monoisotopic (exact) mass is 293 g/mol. The Kier molecular flexibility index (Phi) is 3.03. The minimum atomic E-state index is -0.210. The van der Waals surface area contributed by atoms with Gasteiger partial charge in [0.05, 0.1) is 5.69 Å². The van der Waals surface area contributed by atoms with Gasteiger partial charge in [0.15, 0.2) is 0 Å². The highest BCUT2D eigenvalue weighted by atomic mass is 19.1. The Morgan fingerprint density at radius 2 is 1.77 bits per heavy atom. The van der Waals surface area contributed by atoms with Gasteiger partial charge in [-0.15, -0.1) is 0 Å². The van der Waals surface area contributed by atoms with Crippen LogP contribution in [0.25, 0.3) is 22.4 Å². The second-order valence-corrected chi connectivity index (χ2v) is 5.68. The Bertz CT molecular complexity index is 820. The molecule has 4 rings (SSSR count). The first-order valence-corrected chi connectivity index (χ1v) is 7.49. The molecule has 22 heavy (non-hydrogen) atoms. The molecule has 0 unspecified atom stereocenters. The van der Waals surface area contributed by atoms with Crippen molar-refractivity contribution < 1.29 is 4.39 Å². The highest BCUT2D eigenvalue weighted by molar-refractivity contribution is 5.85. The highest BCUT2D eigenvalue weighted by Crippen LogP contribution is 2.41. The first kappa shape index (κ1) is 13.2. The summed E-state index contributed by atoms with van der Waals surface area (Å²) in [6, 6.07) is 6.73. The zero-order chi connectivity index (χ0) is 15.1. The summed E-state index contributed by atoms with van der Waals surface area (Å²) >= 11 is 0. The molecule has 1 aromatic carbocycles. The predicted octanol–water partition coefficient (Wildman–Crippen LogP) is 4.01. The Morgan fingerprint density at radius 1 is 1.05 bits per heavy atom. The van der Waals surface area contributed by atoms with Gasteiger partial charge in [-0.1, -0.05) is 12.1 Å². The van der Waals surface area contributed by atoms with Crippen LogP contribution in [0, 0.1) is 12.7 Å².